The molecular formula is C17H18ClFN4O. The number of hydrogen-bond donors (Lipinski definition) is 2. The third-order valence-electron chi connectivity index (χ3n) is 3.36. The van der Waals surface area contributed by atoms with Gasteiger partial charge in [-0.05, 0) is 31.2 Å². The summed E-state index contributed by atoms with van der Waals surface area (Å²) in [6, 6.07) is 5.80. The zero-order chi connectivity index (χ0) is 17.7. The number of aliphatic imine (C=N–C) groups is 1. The number of allylic oxidation sites excluding steroid dienone is 1. The molecule has 1 heterocycles. The molecule has 1 aromatic heterocycles. The first kappa shape index (κ1) is 17.7. The Morgan fingerprint density at radius 3 is 2.83 bits per heavy atom. The van der Waals surface area contributed by atoms with E-state index in [0.717, 1.165) is 0 Å². The van der Waals surface area contributed by atoms with Crippen molar-refractivity contribution in [2.45, 2.75) is 13.0 Å². The number of anilines is 1. The van der Waals surface area contributed by atoms with Crippen LogP contribution >= 0.6 is 11.6 Å². The molecule has 0 amide bonds. The van der Waals surface area contributed by atoms with Gasteiger partial charge in [-0.2, -0.15) is 0 Å². The molecule has 0 spiro atoms. The first-order valence-corrected chi connectivity index (χ1v) is 7.55. The van der Waals surface area contributed by atoms with Gasteiger partial charge in [0.2, 0.25) is 0 Å². The third-order valence-corrected chi connectivity index (χ3v) is 3.71. The molecule has 1 unspecified atom stereocenters. The molecule has 1 aromatic carbocycles. The van der Waals surface area contributed by atoms with Crippen molar-refractivity contribution in [3.63, 3.8) is 0 Å². The predicted octanol–water partition coefficient (Wildman–Crippen LogP) is 3.60. The largest absolute Gasteiger partial charge is 0.482 e. The number of rotatable bonds is 5. The topological polar surface area (TPSA) is 86.5 Å². The van der Waals surface area contributed by atoms with E-state index in [-0.39, 0.29) is 5.82 Å². The maximum absolute atomic E-state index is 13.4. The van der Waals surface area contributed by atoms with Crippen LogP contribution in [0.15, 0.2) is 41.7 Å². The van der Waals surface area contributed by atoms with E-state index in [9.17, 15) is 4.39 Å². The summed E-state index contributed by atoms with van der Waals surface area (Å²) < 4.78 is 19.3. The zero-order valence-corrected chi connectivity index (χ0v) is 14.1. The summed E-state index contributed by atoms with van der Waals surface area (Å²) >= 11 is 6.11. The van der Waals surface area contributed by atoms with Gasteiger partial charge >= 0.3 is 0 Å². The molecule has 0 aliphatic heterocycles. The molecule has 0 fully saturated rings. The normalized spacial score (nSPS) is 13.2. The number of benzene rings is 1. The van der Waals surface area contributed by atoms with Crippen molar-refractivity contribution >= 4 is 29.2 Å². The minimum absolute atomic E-state index is 0.211. The number of hydrogen-bond acceptors (Lipinski definition) is 5. The lowest BCUT2D eigenvalue weighted by Gasteiger charge is -2.18. The van der Waals surface area contributed by atoms with Gasteiger partial charge in [-0.3, -0.25) is 4.99 Å². The van der Waals surface area contributed by atoms with Crippen molar-refractivity contribution in [3.8, 4) is 5.75 Å². The Kier molecular flexibility index (Phi) is 5.76. The number of nitrogens with zero attached hydrogens (tertiary/aromatic N) is 2. The molecule has 4 N–H and O–H groups in total. The predicted molar refractivity (Wildman–Crippen MR) is 95.7 cm³/mol. The van der Waals surface area contributed by atoms with Gasteiger partial charge in [-0.25, -0.2) is 9.37 Å². The molecule has 0 aliphatic rings. The zero-order valence-electron chi connectivity index (χ0n) is 13.3. The van der Waals surface area contributed by atoms with Crippen LogP contribution < -0.4 is 16.2 Å². The maximum Gasteiger partial charge on any atom is 0.166 e. The number of ether oxygens (including phenoxy) is 1. The van der Waals surface area contributed by atoms with E-state index in [4.69, 9.17) is 27.8 Å². The molecular weight excluding hydrogens is 331 g/mol. The molecule has 7 heteroatoms. The second kappa shape index (κ2) is 7.79. The molecule has 2 aromatic rings. The average molecular weight is 349 g/mol. The molecule has 24 heavy (non-hydrogen) atoms. The van der Waals surface area contributed by atoms with Crippen LogP contribution in [0.25, 0.3) is 5.57 Å². The minimum Gasteiger partial charge on any atom is -0.482 e. The Hall–Kier alpha value is -2.60. The van der Waals surface area contributed by atoms with Crippen LogP contribution in [0.4, 0.5) is 10.2 Å². The van der Waals surface area contributed by atoms with Crippen LogP contribution in [0, 0.1) is 5.82 Å². The molecule has 2 rings (SSSR count). The molecule has 0 aliphatic carbocycles. The van der Waals surface area contributed by atoms with Gasteiger partial charge in [-0.15, -0.1) is 0 Å². The summed E-state index contributed by atoms with van der Waals surface area (Å²) in [6.07, 6.45) is 4.07. The van der Waals surface area contributed by atoms with Crippen LogP contribution in [0.5, 0.6) is 5.75 Å². The first-order valence-electron chi connectivity index (χ1n) is 7.17. The fourth-order valence-electron chi connectivity index (χ4n) is 2.14. The third kappa shape index (κ3) is 4.02. The summed E-state index contributed by atoms with van der Waals surface area (Å²) in [5.74, 6) is 0.171. The molecule has 0 saturated heterocycles. The van der Waals surface area contributed by atoms with Crippen LogP contribution in [0.2, 0.25) is 5.02 Å². The highest BCUT2D eigenvalue weighted by atomic mass is 35.5. The lowest BCUT2D eigenvalue weighted by Crippen LogP contribution is -2.07. The van der Waals surface area contributed by atoms with Gasteiger partial charge < -0.3 is 16.2 Å². The number of halogens is 2. The van der Waals surface area contributed by atoms with Crippen LogP contribution in [-0.4, -0.2) is 18.2 Å². The number of pyridine rings is 1. The standard InChI is InChI=1S/C17H18ClFN4O/c1-10(14-6-13(19)3-4-15(14)18)24-16-5-11(9-23-17(16)21)12(7-20)8-22-2/h3-10H,20H2,1-2H3,(H2,21,23). The Morgan fingerprint density at radius 2 is 2.17 bits per heavy atom. The van der Waals surface area contributed by atoms with Gasteiger partial charge in [0.25, 0.3) is 0 Å². The van der Waals surface area contributed by atoms with Gasteiger partial charge in [-0.1, -0.05) is 11.6 Å². The minimum atomic E-state index is -0.516. The molecule has 0 saturated carbocycles. The van der Waals surface area contributed by atoms with Crippen LogP contribution in [-0.2, 0) is 0 Å². The Balaban J connectivity index is 2.33. The molecule has 0 radical (unpaired) electrons. The van der Waals surface area contributed by atoms with Crippen molar-refractivity contribution in [3.05, 3.63) is 58.6 Å². The monoisotopic (exact) mass is 348 g/mol. The summed E-state index contributed by atoms with van der Waals surface area (Å²) in [4.78, 5) is 8.04. The smallest absolute Gasteiger partial charge is 0.166 e. The van der Waals surface area contributed by atoms with Crippen molar-refractivity contribution in [1.29, 1.82) is 0 Å². The number of aromatic nitrogens is 1. The van der Waals surface area contributed by atoms with Gasteiger partial charge in [0.15, 0.2) is 11.6 Å². The molecule has 126 valence electrons. The van der Waals surface area contributed by atoms with E-state index in [1.54, 1.807) is 32.4 Å². The van der Waals surface area contributed by atoms with Crippen molar-refractivity contribution in [1.82, 2.24) is 4.98 Å². The van der Waals surface area contributed by atoms with E-state index in [1.807, 2.05) is 0 Å². The highest BCUT2D eigenvalue weighted by Crippen LogP contribution is 2.31. The lowest BCUT2D eigenvalue weighted by atomic mass is 10.1. The van der Waals surface area contributed by atoms with Crippen molar-refractivity contribution < 1.29 is 9.13 Å². The highest BCUT2D eigenvalue weighted by Gasteiger charge is 2.15. The van der Waals surface area contributed by atoms with Crippen LogP contribution in [0.1, 0.15) is 24.2 Å². The quantitative estimate of drug-likeness (QED) is 0.808. The molecule has 5 nitrogen and oxygen atoms in total. The fourth-order valence-corrected chi connectivity index (χ4v) is 2.41. The fraction of sp³-hybridized carbons (Fsp3) is 0.176. The Morgan fingerprint density at radius 1 is 1.42 bits per heavy atom. The average Bonchev–Trinajstić information content (AvgIpc) is 2.57. The summed E-state index contributed by atoms with van der Waals surface area (Å²) in [5.41, 5.74) is 13.4. The van der Waals surface area contributed by atoms with E-state index in [2.05, 4.69) is 9.98 Å². The maximum atomic E-state index is 13.4. The summed E-state index contributed by atoms with van der Waals surface area (Å²) in [7, 11) is 1.64. The Bertz CT molecular complexity index is 792. The molecule has 1 atom stereocenters. The highest BCUT2D eigenvalue weighted by molar-refractivity contribution is 6.31. The van der Waals surface area contributed by atoms with Gasteiger partial charge in [0, 0.05) is 47.4 Å². The SMILES string of the molecule is CN=CC(=CN)c1cnc(N)c(OC(C)c2cc(F)ccc2Cl)c1. The lowest BCUT2D eigenvalue weighted by molar-refractivity contribution is 0.227. The summed E-state index contributed by atoms with van der Waals surface area (Å²) in [5, 5.41) is 0.409. The van der Waals surface area contributed by atoms with E-state index < -0.39 is 11.9 Å². The van der Waals surface area contributed by atoms with E-state index >= 15 is 0 Å². The van der Waals surface area contributed by atoms with Crippen LogP contribution in [0.3, 0.4) is 0 Å². The van der Waals surface area contributed by atoms with E-state index in [1.165, 1.54) is 24.4 Å². The second-order valence-electron chi connectivity index (χ2n) is 5.04. The van der Waals surface area contributed by atoms with E-state index in [0.29, 0.717) is 27.5 Å². The second-order valence-corrected chi connectivity index (χ2v) is 5.45. The van der Waals surface area contributed by atoms with Gasteiger partial charge in [0.05, 0.1) is 0 Å². The molecule has 0 bridgehead atoms. The summed E-state index contributed by atoms with van der Waals surface area (Å²) in [6.45, 7) is 1.75. The van der Waals surface area contributed by atoms with Crippen molar-refractivity contribution in [2.75, 3.05) is 12.8 Å². The number of nitrogen functional groups attached to an aromatic ring is 1. The Labute approximate surface area is 144 Å². The first-order chi connectivity index (χ1) is 11.5. The van der Waals surface area contributed by atoms with Gasteiger partial charge in [0.1, 0.15) is 11.9 Å². The number of nitrogens with two attached hydrogens (primary N) is 2. The van der Waals surface area contributed by atoms with Crippen molar-refractivity contribution in [2.24, 2.45) is 10.7 Å².